The Morgan fingerprint density at radius 1 is 0.935 bits per heavy atom. The minimum Gasteiger partial charge on any atom is -0.546 e. The summed E-state index contributed by atoms with van der Waals surface area (Å²) in [7, 11) is 0. The van der Waals surface area contributed by atoms with E-state index < -0.39 is 18.5 Å². The number of hydrogen-bond donors (Lipinski definition) is 0. The number of aliphatic carboxylic acids is 1. The van der Waals surface area contributed by atoms with Crippen LogP contribution >= 0.6 is 0 Å². The van der Waals surface area contributed by atoms with E-state index in [0.29, 0.717) is 54.1 Å². The topological polar surface area (TPSA) is 92.7 Å². The van der Waals surface area contributed by atoms with Crippen LogP contribution in [-0.2, 0) is 19.1 Å². The zero-order valence-corrected chi connectivity index (χ0v) is 18.4. The summed E-state index contributed by atoms with van der Waals surface area (Å²) in [5.41, 5.74) is 1.55. The first-order chi connectivity index (χ1) is 14.5. The van der Waals surface area contributed by atoms with Crippen molar-refractivity contribution in [2.45, 2.75) is 59.3 Å². The molecule has 2 aliphatic carbocycles. The molecule has 6 heteroatoms. The molecule has 1 aromatic carbocycles. The summed E-state index contributed by atoms with van der Waals surface area (Å²) < 4.78 is 11.4. The molecular formula is C25H27O6-. The fraction of sp³-hybridized carbons (Fsp3) is 0.480. The van der Waals surface area contributed by atoms with E-state index in [-0.39, 0.29) is 22.4 Å². The molecule has 6 nitrogen and oxygen atoms in total. The second kappa shape index (κ2) is 7.36. The van der Waals surface area contributed by atoms with Crippen molar-refractivity contribution in [3.63, 3.8) is 0 Å². The summed E-state index contributed by atoms with van der Waals surface area (Å²) >= 11 is 0. The van der Waals surface area contributed by atoms with E-state index in [4.69, 9.17) is 9.47 Å². The van der Waals surface area contributed by atoms with Crippen LogP contribution < -0.4 is 9.84 Å². The van der Waals surface area contributed by atoms with Crippen molar-refractivity contribution in [1.82, 2.24) is 0 Å². The summed E-state index contributed by atoms with van der Waals surface area (Å²) in [6.07, 6.45) is 2.09. The van der Waals surface area contributed by atoms with E-state index in [0.717, 1.165) is 5.56 Å². The van der Waals surface area contributed by atoms with Gasteiger partial charge in [-0.05, 0) is 28.5 Å². The lowest BCUT2D eigenvalue weighted by atomic mass is 9.65. The van der Waals surface area contributed by atoms with Gasteiger partial charge in [-0.3, -0.25) is 9.59 Å². The van der Waals surface area contributed by atoms with Gasteiger partial charge in [-0.2, -0.15) is 0 Å². The lowest BCUT2D eigenvalue weighted by Crippen LogP contribution is -2.37. The van der Waals surface area contributed by atoms with Gasteiger partial charge in [-0.15, -0.1) is 0 Å². The molecule has 3 aliphatic rings. The monoisotopic (exact) mass is 423 g/mol. The molecule has 0 amide bonds. The van der Waals surface area contributed by atoms with Gasteiger partial charge >= 0.3 is 0 Å². The Bertz CT molecular complexity index is 971. The summed E-state index contributed by atoms with van der Waals surface area (Å²) in [6.45, 7) is 7.67. The van der Waals surface area contributed by atoms with Crippen molar-refractivity contribution in [2.24, 2.45) is 10.8 Å². The fourth-order valence-corrected chi connectivity index (χ4v) is 4.91. The SMILES string of the molecule is CC1(C)CC(=O)C2=C(C1)OC1=C(C(=O)CC(C)(C)C1)C2c1ccc(OCC(=O)[O-])cc1. The van der Waals surface area contributed by atoms with Crippen molar-refractivity contribution < 1.29 is 29.0 Å². The van der Waals surface area contributed by atoms with Crippen molar-refractivity contribution >= 4 is 17.5 Å². The van der Waals surface area contributed by atoms with Crippen LogP contribution in [-0.4, -0.2) is 24.1 Å². The summed E-state index contributed by atoms with van der Waals surface area (Å²) in [6, 6.07) is 6.89. The van der Waals surface area contributed by atoms with Crippen LogP contribution in [0.4, 0.5) is 0 Å². The number of benzene rings is 1. The van der Waals surface area contributed by atoms with E-state index in [1.807, 2.05) is 0 Å². The maximum atomic E-state index is 13.2. The fourth-order valence-electron chi connectivity index (χ4n) is 4.91. The number of carboxylic acids is 1. The van der Waals surface area contributed by atoms with E-state index in [1.54, 1.807) is 24.3 Å². The summed E-state index contributed by atoms with van der Waals surface area (Å²) in [5.74, 6) is -0.0170. The molecule has 0 radical (unpaired) electrons. The highest BCUT2D eigenvalue weighted by Gasteiger charge is 2.47. The normalized spacial score (nSPS) is 22.6. The second-order valence-corrected chi connectivity index (χ2v) is 10.3. The van der Waals surface area contributed by atoms with Crippen molar-refractivity contribution in [3.05, 3.63) is 52.5 Å². The molecule has 0 fully saturated rings. The number of rotatable bonds is 4. The third-order valence-electron chi connectivity index (χ3n) is 6.15. The molecule has 4 rings (SSSR count). The first kappa shape index (κ1) is 21.3. The Balaban J connectivity index is 1.79. The molecule has 0 N–H and O–H groups in total. The van der Waals surface area contributed by atoms with Crippen molar-refractivity contribution in [2.75, 3.05) is 6.61 Å². The van der Waals surface area contributed by atoms with E-state index >= 15 is 0 Å². The van der Waals surface area contributed by atoms with Gasteiger partial charge in [0.05, 0.1) is 5.97 Å². The highest BCUT2D eigenvalue weighted by molar-refractivity contribution is 6.06. The Kier molecular flexibility index (Phi) is 5.07. The average Bonchev–Trinajstić information content (AvgIpc) is 2.63. The van der Waals surface area contributed by atoms with Gasteiger partial charge in [-0.1, -0.05) is 39.8 Å². The van der Waals surface area contributed by atoms with E-state index in [2.05, 4.69) is 27.7 Å². The largest absolute Gasteiger partial charge is 0.546 e. The molecule has 0 aromatic heterocycles. The van der Waals surface area contributed by atoms with Crippen LogP contribution in [0.15, 0.2) is 46.9 Å². The molecule has 31 heavy (non-hydrogen) atoms. The molecule has 0 bridgehead atoms. The molecule has 0 atom stereocenters. The zero-order chi connectivity index (χ0) is 22.6. The second-order valence-electron chi connectivity index (χ2n) is 10.3. The number of ether oxygens (including phenoxy) is 2. The van der Waals surface area contributed by atoms with Gasteiger partial charge in [0.2, 0.25) is 0 Å². The zero-order valence-electron chi connectivity index (χ0n) is 18.4. The molecule has 1 heterocycles. The number of hydrogen-bond acceptors (Lipinski definition) is 6. The third-order valence-corrected chi connectivity index (χ3v) is 6.15. The molecule has 1 aromatic rings. The number of allylic oxidation sites excluding steroid dienone is 4. The van der Waals surface area contributed by atoms with Gasteiger partial charge in [-0.25, -0.2) is 0 Å². The molecule has 0 spiro atoms. The molecule has 164 valence electrons. The lowest BCUT2D eigenvalue weighted by Gasteiger charge is -2.42. The van der Waals surface area contributed by atoms with Gasteiger partial charge in [0.25, 0.3) is 0 Å². The Morgan fingerprint density at radius 2 is 1.42 bits per heavy atom. The van der Waals surface area contributed by atoms with Crippen LogP contribution in [0.2, 0.25) is 0 Å². The minimum absolute atomic E-state index is 0.0118. The third kappa shape index (κ3) is 4.16. The number of carbonyl (C=O) groups is 3. The highest BCUT2D eigenvalue weighted by Crippen LogP contribution is 2.53. The Hall–Kier alpha value is -2.89. The van der Waals surface area contributed by atoms with Crippen LogP contribution in [0, 0.1) is 10.8 Å². The predicted octanol–water partition coefficient (Wildman–Crippen LogP) is 3.22. The van der Waals surface area contributed by atoms with Crippen LogP contribution in [0.5, 0.6) is 5.75 Å². The average molecular weight is 423 g/mol. The van der Waals surface area contributed by atoms with Crippen molar-refractivity contribution in [1.29, 1.82) is 0 Å². The molecule has 0 saturated carbocycles. The molecule has 0 unspecified atom stereocenters. The minimum atomic E-state index is -1.30. The maximum absolute atomic E-state index is 13.2. The van der Waals surface area contributed by atoms with E-state index in [9.17, 15) is 19.5 Å². The van der Waals surface area contributed by atoms with Gasteiger partial charge < -0.3 is 19.4 Å². The number of Topliss-reactive ketones (excluding diaryl/α,β-unsaturated/α-hetero) is 2. The first-order valence-electron chi connectivity index (χ1n) is 10.6. The van der Waals surface area contributed by atoms with Crippen LogP contribution in [0.25, 0.3) is 0 Å². The number of carbonyl (C=O) groups excluding carboxylic acids is 3. The van der Waals surface area contributed by atoms with Gasteiger partial charge in [0.15, 0.2) is 11.6 Å². The summed E-state index contributed by atoms with van der Waals surface area (Å²) in [5, 5.41) is 10.6. The number of ketones is 2. The molecule has 1 aliphatic heterocycles. The first-order valence-corrected chi connectivity index (χ1v) is 10.6. The van der Waals surface area contributed by atoms with Crippen LogP contribution in [0.1, 0.15) is 64.9 Å². The standard InChI is InChI=1S/C25H28O6/c1-24(2)9-16(26)22-18(11-24)31-19-12-25(3,4)10-17(27)23(19)21(22)14-5-7-15(8-6-14)30-13-20(28)29/h5-8,21H,9-13H2,1-4H3,(H,28,29)/p-1. The summed E-state index contributed by atoms with van der Waals surface area (Å²) in [4.78, 5) is 37.1. The van der Waals surface area contributed by atoms with Gasteiger partial charge in [0, 0.05) is 42.7 Å². The number of carboxylic acid groups (broad SMARTS) is 1. The van der Waals surface area contributed by atoms with E-state index in [1.165, 1.54) is 0 Å². The maximum Gasteiger partial charge on any atom is 0.163 e. The highest BCUT2D eigenvalue weighted by atomic mass is 16.5. The van der Waals surface area contributed by atoms with Gasteiger partial charge in [0.1, 0.15) is 23.9 Å². The van der Waals surface area contributed by atoms with Crippen LogP contribution in [0.3, 0.4) is 0 Å². The quantitative estimate of drug-likeness (QED) is 0.738. The molecule has 0 saturated heterocycles. The lowest BCUT2D eigenvalue weighted by molar-refractivity contribution is -0.307. The predicted molar refractivity (Wildman–Crippen MR) is 111 cm³/mol. The smallest absolute Gasteiger partial charge is 0.163 e. The molecular weight excluding hydrogens is 396 g/mol. The Labute approximate surface area is 181 Å². The van der Waals surface area contributed by atoms with Crippen molar-refractivity contribution in [3.8, 4) is 5.75 Å². The Morgan fingerprint density at radius 3 is 1.87 bits per heavy atom.